The van der Waals surface area contributed by atoms with E-state index >= 15 is 0 Å². The summed E-state index contributed by atoms with van der Waals surface area (Å²) in [6, 6.07) is 3.11. The van der Waals surface area contributed by atoms with E-state index in [4.69, 9.17) is 4.18 Å². The molecule has 8 aliphatic heterocycles. The van der Waals surface area contributed by atoms with Crippen molar-refractivity contribution < 1.29 is 136 Å². The first-order valence-corrected chi connectivity index (χ1v) is 44.4. The van der Waals surface area contributed by atoms with Crippen LogP contribution < -0.4 is 47.9 Å². The fourth-order valence-electron chi connectivity index (χ4n) is 13.9. The Morgan fingerprint density at radius 3 is 0.845 bits per heavy atom. The molecule has 8 atom stereocenters. The van der Waals surface area contributed by atoms with Crippen LogP contribution in [0.25, 0.3) is 0 Å². The summed E-state index contributed by atoms with van der Waals surface area (Å²) in [7, 11) is -46.1. The molecular weight excluding hydrogens is 1530 g/mol. The molecule has 0 aromatic rings. The van der Waals surface area contributed by atoms with Crippen LogP contribution in [0.3, 0.4) is 0 Å². The number of thioether (sulfide) groups is 3. The molecule has 12 aliphatic rings. The Morgan fingerprint density at radius 1 is 0.402 bits per heavy atom. The second kappa shape index (κ2) is 26.9. The van der Waals surface area contributed by atoms with Crippen molar-refractivity contribution >= 4 is 106 Å². The summed E-state index contributed by atoms with van der Waals surface area (Å²) < 4.78 is 275. The molecule has 0 aromatic heterocycles. The van der Waals surface area contributed by atoms with Gasteiger partial charge < -0.3 is 5.32 Å². The van der Waals surface area contributed by atoms with Gasteiger partial charge in [0.15, 0.2) is 0 Å². The predicted octanol–water partition coefficient (Wildman–Crippen LogP) is 13.4. The first-order chi connectivity index (χ1) is 43.3. The van der Waals surface area contributed by atoms with Gasteiger partial charge in [-0.1, -0.05) is 0 Å². The van der Waals surface area contributed by atoms with E-state index in [0.717, 1.165) is 162 Å². The van der Waals surface area contributed by atoms with Crippen molar-refractivity contribution in [2.24, 2.45) is 23.2 Å². The number of guanidine groups is 4. The molecule has 17 nitrogen and oxygen atoms in total. The standard InChI is InChI=1S/C48H79N13O4S4.4F6P/c1-69(63,64)65-25-36-3-11-59-13-5-38(53-45(59)51-36)27-67-29-40-7-15-61-17-9-42(57-47(61)55-40)31-68-30-41-8-16-60-14-6-39(54-46(60)56-41)28-66-26-37-4-12-58-10-2-35(50-44(58)52-37)24-49-43(62)48-21-32-18-33(22-48)20-34(19-32)23-48;4*1-7(2,3,4,5)6/h32-42H,2-31H2,1H3,(H5,49,50,51,52,53,54,55,56,57,62);;;;/q;4*-1/p+4/t32?,33?,34?,35-,36-,37-,38-,39-,40-,41-,42-,48?;;;;/m1..../s1. The number of hydrogen-bond acceptors (Lipinski definition) is 15. The van der Waals surface area contributed by atoms with Crippen molar-refractivity contribution in [1.82, 2.24) is 47.9 Å². The zero-order valence-electron chi connectivity index (χ0n) is 52.0. The Balaban J connectivity index is 0.000000398. The van der Waals surface area contributed by atoms with Gasteiger partial charge in [-0.25, -0.2) is 0 Å². The molecule has 97 heavy (non-hydrogen) atoms. The molecule has 4 aliphatic carbocycles. The number of carbonyl (C=O) groups is 1. The molecule has 0 unspecified atom stereocenters. The van der Waals surface area contributed by atoms with Gasteiger partial charge in [-0.05, 0) is 56.3 Å². The minimum absolute atomic E-state index is 0.00357. The Morgan fingerprint density at radius 2 is 0.608 bits per heavy atom. The van der Waals surface area contributed by atoms with E-state index in [-0.39, 0.29) is 18.1 Å². The SMILES string of the molecule is CS(=O)(=O)OC[C@H]1CC[N+]2=C(N1)N[C@@H](CSC[C@H]1CC[N+]3=C(N1)N[C@@H](CSC[C@H]1CC[N+]4=C(N[C@@H](CSC[C@H]5CC[N+]6=C(N[C@@H](CNC(=O)C78CC9CC(CC(C9)C7)C8)CC6)N5)CC4)N1)CC3)CC2.F[P-](F)(F)(F)(F)F.F[P-](F)(F)(F)(F)F.F[P-](F)(F)(F)(F)F.F[P-](F)(F)(F)(F)F. The van der Waals surface area contributed by atoms with Gasteiger partial charge in [0.25, 0.3) is 10.1 Å². The zero-order valence-corrected chi connectivity index (χ0v) is 58.8. The van der Waals surface area contributed by atoms with Crippen LogP contribution in [0.1, 0.15) is 89.9 Å². The van der Waals surface area contributed by atoms with E-state index in [0.29, 0.717) is 48.2 Å². The molecule has 9 N–H and O–H groups in total. The van der Waals surface area contributed by atoms with Crippen LogP contribution in [0.4, 0.5) is 101 Å². The van der Waals surface area contributed by atoms with Crippen LogP contribution in [-0.4, -0.2) is 211 Å². The van der Waals surface area contributed by atoms with Gasteiger partial charge in [-0.3, -0.25) is 69.8 Å². The van der Waals surface area contributed by atoms with Gasteiger partial charge in [0.05, 0.1) is 114 Å². The molecule has 49 heteroatoms. The molecule has 1 amide bonds. The van der Waals surface area contributed by atoms with Crippen LogP contribution in [-0.2, 0) is 19.1 Å². The van der Waals surface area contributed by atoms with Crippen molar-refractivity contribution in [2.75, 3.05) is 106 Å². The van der Waals surface area contributed by atoms with Gasteiger partial charge in [0.2, 0.25) is 5.91 Å². The molecule has 8 heterocycles. The van der Waals surface area contributed by atoms with Crippen LogP contribution in [0.15, 0.2) is 0 Å². The van der Waals surface area contributed by atoms with E-state index in [1.165, 1.54) is 69.2 Å². The maximum atomic E-state index is 13.6. The third kappa shape index (κ3) is 36.0. The third-order valence-electron chi connectivity index (χ3n) is 17.4. The van der Waals surface area contributed by atoms with E-state index in [2.05, 4.69) is 89.7 Å². The number of nitrogens with zero attached hydrogens (tertiary/aromatic N) is 4. The minimum atomic E-state index is -10.7. The quantitative estimate of drug-likeness (QED) is 0.0274. The van der Waals surface area contributed by atoms with Gasteiger partial charge in [-0.15, -0.1) is 0 Å². The number of carbonyl (C=O) groups excluding carboxylic acids is 1. The summed E-state index contributed by atoms with van der Waals surface area (Å²) in [5.74, 6) is 14.1. The molecule has 4 saturated carbocycles. The van der Waals surface area contributed by atoms with Gasteiger partial charge in [0.1, 0.15) is 6.04 Å². The summed E-state index contributed by atoms with van der Waals surface area (Å²) >= 11 is 6.22. The fraction of sp³-hybridized carbons (Fsp3) is 0.896. The summed E-state index contributed by atoms with van der Waals surface area (Å²) in [6.45, 7) is 9.51. The van der Waals surface area contributed by atoms with E-state index in [1.54, 1.807) is 0 Å². The third-order valence-corrected chi connectivity index (χ3v) is 21.8. The van der Waals surface area contributed by atoms with Crippen molar-refractivity contribution in [3.8, 4) is 0 Å². The molecule has 0 aromatic carbocycles. The molecule has 0 spiro atoms. The monoisotopic (exact) mass is 1610 g/mol. The first kappa shape index (κ1) is 81.8. The Kier molecular flexibility index (Phi) is 22.7. The van der Waals surface area contributed by atoms with E-state index in [9.17, 15) is 114 Å². The van der Waals surface area contributed by atoms with Gasteiger partial charge >= 0.3 is 156 Å². The van der Waals surface area contributed by atoms with Crippen molar-refractivity contribution in [3.05, 3.63) is 0 Å². The van der Waals surface area contributed by atoms with E-state index < -0.39 is 41.4 Å². The van der Waals surface area contributed by atoms with Gasteiger partial charge in [-0.2, -0.15) is 43.7 Å². The number of nitrogens with one attached hydrogen (secondary N) is 9. The van der Waals surface area contributed by atoms with Crippen molar-refractivity contribution in [2.45, 2.75) is 138 Å². The normalized spacial score (nSPS) is 33.0. The molecule has 4 fully saturated rings. The molecule has 12 rings (SSSR count). The maximum absolute atomic E-state index is 13.6. The summed E-state index contributed by atoms with van der Waals surface area (Å²) in [4.78, 5) is 13.6. The summed E-state index contributed by atoms with van der Waals surface area (Å²) in [6.07, 6.45) is 17.6. The van der Waals surface area contributed by atoms with Crippen LogP contribution in [0.2, 0.25) is 0 Å². The van der Waals surface area contributed by atoms with Crippen molar-refractivity contribution in [3.63, 3.8) is 0 Å². The molecule has 0 saturated heterocycles. The molecule has 576 valence electrons. The summed E-state index contributed by atoms with van der Waals surface area (Å²) in [5.41, 5.74) is -0.0652. The number of hydrogen-bond donors (Lipinski definition) is 9. The second-order valence-corrected chi connectivity index (χ2v) is 39.3. The van der Waals surface area contributed by atoms with Crippen LogP contribution in [0.5, 0.6) is 0 Å². The van der Waals surface area contributed by atoms with Crippen LogP contribution in [0, 0.1) is 23.2 Å². The topological polar surface area (TPSA) is 181 Å². The predicted molar refractivity (Wildman–Crippen MR) is 333 cm³/mol. The van der Waals surface area contributed by atoms with Crippen molar-refractivity contribution in [1.29, 1.82) is 0 Å². The Bertz CT molecular complexity index is 2920. The average molecular weight is 1610 g/mol. The molecule has 4 bridgehead atoms. The van der Waals surface area contributed by atoms with Crippen LogP contribution >= 0.6 is 66.5 Å². The number of rotatable bonds is 18. The first-order valence-electron chi connectivity index (χ1n) is 31.0. The van der Waals surface area contributed by atoms with E-state index in [1.807, 2.05) is 11.8 Å². The molecule has 0 radical (unpaired) electrons. The number of halogens is 24. The number of amides is 1. The second-order valence-electron chi connectivity index (χ2n) is 26.7. The molecular formula is C48H83F24N13O4P4S4. The Labute approximate surface area is 556 Å². The summed E-state index contributed by atoms with van der Waals surface area (Å²) in [5, 5.41) is 34.0. The average Bonchev–Trinajstić information content (AvgIpc) is 0.721. The zero-order chi connectivity index (χ0) is 72.6. The fourth-order valence-corrected chi connectivity index (χ4v) is 18.0. The van der Waals surface area contributed by atoms with Gasteiger partial charge in [0, 0.05) is 91.3 Å². The Hall–Kier alpha value is -2.45.